The Morgan fingerprint density at radius 3 is 2.36 bits per heavy atom. The van der Waals surface area contributed by atoms with E-state index >= 15 is 0 Å². The molecule has 0 bridgehead atoms. The number of nitrogens with one attached hydrogen (secondary N) is 1. The van der Waals surface area contributed by atoms with Crippen molar-refractivity contribution in [3.8, 4) is 22.9 Å². The van der Waals surface area contributed by atoms with Crippen LogP contribution in [0, 0.1) is 5.82 Å². The lowest BCUT2D eigenvalue weighted by atomic mass is 9.90. The molecule has 1 atom stereocenters. The molecule has 192 valence electrons. The molecule has 39 heavy (non-hydrogen) atoms. The molecule has 0 saturated carbocycles. The van der Waals surface area contributed by atoms with Crippen LogP contribution in [0.4, 0.5) is 16.0 Å². The molecule has 1 aliphatic heterocycles. The van der Waals surface area contributed by atoms with Crippen LogP contribution < -0.4 is 20.7 Å². The first-order valence-electron chi connectivity index (χ1n) is 12.5. The van der Waals surface area contributed by atoms with Gasteiger partial charge in [0.25, 0.3) is 0 Å². The van der Waals surface area contributed by atoms with Gasteiger partial charge in [-0.25, -0.2) is 19.3 Å². The van der Waals surface area contributed by atoms with Crippen LogP contribution in [0.5, 0.6) is 11.6 Å². The first-order chi connectivity index (χ1) is 19.1. The fourth-order valence-corrected chi connectivity index (χ4v) is 4.66. The number of ether oxygens (including phenoxy) is 1. The molecule has 7 nitrogen and oxygen atoms in total. The monoisotopic (exact) mass is 516 g/mol. The van der Waals surface area contributed by atoms with Gasteiger partial charge in [0.05, 0.1) is 11.3 Å². The molecule has 2 aromatic heterocycles. The van der Waals surface area contributed by atoms with Crippen molar-refractivity contribution >= 4 is 17.2 Å². The molecule has 0 fully saturated rings. The third kappa shape index (κ3) is 4.69. The van der Waals surface area contributed by atoms with Gasteiger partial charge in [-0.05, 0) is 59.7 Å². The minimum absolute atomic E-state index is 0.283. The Bertz CT molecular complexity index is 1670. The molecule has 0 amide bonds. The SMILES string of the molecule is CNc1nccc(-c2cccnc2Oc2ccc(N3C=C(c4ccccc4F)c4ccccc4C3N)cc2)n1. The summed E-state index contributed by atoms with van der Waals surface area (Å²) in [5, 5.41) is 2.95. The second-order valence-electron chi connectivity index (χ2n) is 8.93. The highest BCUT2D eigenvalue weighted by Crippen LogP contribution is 2.39. The largest absolute Gasteiger partial charge is 0.438 e. The van der Waals surface area contributed by atoms with E-state index in [1.807, 2.05) is 83.9 Å². The number of halogens is 1. The van der Waals surface area contributed by atoms with E-state index in [0.29, 0.717) is 28.8 Å². The quantitative estimate of drug-likeness (QED) is 0.271. The number of benzene rings is 3. The summed E-state index contributed by atoms with van der Waals surface area (Å²) in [6, 6.07) is 27.7. The molecule has 3 heterocycles. The molecule has 6 rings (SSSR count). The van der Waals surface area contributed by atoms with Crippen LogP contribution in [-0.4, -0.2) is 22.0 Å². The molecule has 0 aliphatic carbocycles. The standard InChI is InChI=1S/C31H25FN6O/c1-34-31-36-18-16-28(37-31)25-10-6-17-35-30(25)39-21-14-12-20(13-15-21)38-19-26(23-8-4-5-11-27(23)32)22-7-2-3-9-24(22)29(38)33/h2-19,29H,33H2,1H3,(H,34,36,37). The van der Waals surface area contributed by atoms with Crippen LogP contribution >= 0.6 is 0 Å². The van der Waals surface area contributed by atoms with Crippen molar-refractivity contribution in [2.75, 3.05) is 17.3 Å². The van der Waals surface area contributed by atoms with Crippen molar-refractivity contribution in [2.24, 2.45) is 5.73 Å². The van der Waals surface area contributed by atoms with E-state index in [1.165, 1.54) is 6.07 Å². The minimum Gasteiger partial charge on any atom is -0.438 e. The average molecular weight is 517 g/mol. The molecule has 8 heteroatoms. The molecule has 1 aliphatic rings. The summed E-state index contributed by atoms with van der Waals surface area (Å²) in [5.41, 5.74) is 12.1. The van der Waals surface area contributed by atoms with Crippen LogP contribution in [-0.2, 0) is 0 Å². The van der Waals surface area contributed by atoms with Crippen molar-refractivity contribution in [3.05, 3.63) is 132 Å². The van der Waals surface area contributed by atoms with Crippen LogP contribution in [0.15, 0.2) is 110 Å². The zero-order valence-corrected chi connectivity index (χ0v) is 21.1. The highest BCUT2D eigenvalue weighted by atomic mass is 19.1. The van der Waals surface area contributed by atoms with Crippen LogP contribution in [0.1, 0.15) is 22.9 Å². The molecule has 3 aromatic carbocycles. The number of fused-ring (bicyclic) bond motifs is 1. The van der Waals surface area contributed by atoms with Crippen molar-refractivity contribution in [1.29, 1.82) is 0 Å². The zero-order valence-electron chi connectivity index (χ0n) is 21.1. The summed E-state index contributed by atoms with van der Waals surface area (Å²) in [6.07, 6.45) is 4.83. The topological polar surface area (TPSA) is 89.2 Å². The highest BCUT2D eigenvalue weighted by molar-refractivity contribution is 5.86. The Kier molecular flexibility index (Phi) is 6.44. The molecule has 3 N–H and O–H groups in total. The number of rotatable bonds is 6. The summed E-state index contributed by atoms with van der Waals surface area (Å²) in [4.78, 5) is 15.1. The van der Waals surface area contributed by atoms with Gasteiger partial charge in [0.2, 0.25) is 11.8 Å². The van der Waals surface area contributed by atoms with Gasteiger partial charge in [0, 0.05) is 42.5 Å². The van der Waals surface area contributed by atoms with E-state index in [-0.39, 0.29) is 5.82 Å². The number of pyridine rings is 1. The van der Waals surface area contributed by atoms with Crippen molar-refractivity contribution < 1.29 is 9.13 Å². The Balaban J connectivity index is 1.32. The smallest absolute Gasteiger partial charge is 0.228 e. The van der Waals surface area contributed by atoms with E-state index in [1.54, 1.807) is 31.6 Å². The summed E-state index contributed by atoms with van der Waals surface area (Å²) < 4.78 is 21.0. The van der Waals surface area contributed by atoms with Crippen LogP contribution in [0.3, 0.4) is 0 Å². The number of hydrogen-bond acceptors (Lipinski definition) is 7. The second kappa shape index (κ2) is 10.4. The van der Waals surface area contributed by atoms with Crippen molar-refractivity contribution in [2.45, 2.75) is 6.17 Å². The lowest BCUT2D eigenvalue weighted by molar-refractivity contribution is 0.464. The molecular formula is C31H25FN6O. The number of nitrogens with zero attached hydrogens (tertiary/aromatic N) is 4. The molecule has 0 radical (unpaired) electrons. The van der Waals surface area contributed by atoms with E-state index in [9.17, 15) is 4.39 Å². The number of nitrogens with two attached hydrogens (primary N) is 1. The van der Waals surface area contributed by atoms with E-state index < -0.39 is 6.17 Å². The fraction of sp³-hybridized carbons (Fsp3) is 0.0645. The zero-order chi connectivity index (χ0) is 26.8. The third-order valence-electron chi connectivity index (χ3n) is 6.58. The van der Waals surface area contributed by atoms with Crippen molar-refractivity contribution in [3.63, 3.8) is 0 Å². The molecule has 1 unspecified atom stereocenters. The van der Waals surface area contributed by atoms with Gasteiger partial charge in [-0.3, -0.25) is 0 Å². The van der Waals surface area contributed by atoms with Gasteiger partial charge in [-0.2, -0.15) is 0 Å². The van der Waals surface area contributed by atoms with E-state index in [4.69, 9.17) is 10.5 Å². The maximum atomic E-state index is 14.8. The maximum Gasteiger partial charge on any atom is 0.228 e. The van der Waals surface area contributed by atoms with Gasteiger partial charge in [0.15, 0.2) is 0 Å². The van der Waals surface area contributed by atoms with Crippen LogP contribution in [0.25, 0.3) is 16.8 Å². The lowest BCUT2D eigenvalue weighted by Gasteiger charge is -2.35. The third-order valence-corrected chi connectivity index (χ3v) is 6.58. The second-order valence-corrected chi connectivity index (χ2v) is 8.93. The Morgan fingerprint density at radius 2 is 1.56 bits per heavy atom. The van der Waals surface area contributed by atoms with Gasteiger partial charge >= 0.3 is 0 Å². The Hall–Kier alpha value is -5.08. The Labute approximate surface area is 225 Å². The number of anilines is 2. The highest BCUT2D eigenvalue weighted by Gasteiger charge is 2.27. The molecular weight excluding hydrogens is 491 g/mol. The number of aromatic nitrogens is 3. The first-order valence-corrected chi connectivity index (χ1v) is 12.5. The minimum atomic E-state index is -0.440. The molecule has 0 saturated heterocycles. The van der Waals surface area contributed by atoms with Crippen molar-refractivity contribution in [1.82, 2.24) is 15.0 Å². The predicted molar refractivity (Wildman–Crippen MR) is 151 cm³/mol. The number of hydrogen-bond donors (Lipinski definition) is 2. The average Bonchev–Trinajstić information content (AvgIpc) is 2.99. The van der Waals surface area contributed by atoms with Gasteiger partial charge < -0.3 is 20.7 Å². The molecule has 0 spiro atoms. The Morgan fingerprint density at radius 1 is 0.821 bits per heavy atom. The maximum absolute atomic E-state index is 14.8. The van der Waals surface area contributed by atoms with E-state index in [2.05, 4.69) is 20.3 Å². The van der Waals surface area contributed by atoms with Gasteiger partial charge in [-0.15, -0.1) is 0 Å². The summed E-state index contributed by atoms with van der Waals surface area (Å²) in [6.45, 7) is 0. The predicted octanol–water partition coefficient (Wildman–Crippen LogP) is 6.38. The first kappa shape index (κ1) is 24.3. The lowest BCUT2D eigenvalue weighted by Crippen LogP contribution is -2.34. The summed E-state index contributed by atoms with van der Waals surface area (Å²) >= 11 is 0. The molecule has 5 aromatic rings. The normalized spacial score (nSPS) is 14.4. The summed E-state index contributed by atoms with van der Waals surface area (Å²) in [5.74, 6) is 1.26. The van der Waals surface area contributed by atoms with Gasteiger partial charge in [-0.1, -0.05) is 42.5 Å². The fourth-order valence-electron chi connectivity index (χ4n) is 4.66. The van der Waals surface area contributed by atoms with Crippen LogP contribution in [0.2, 0.25) is 0 Å². The van der Waals surface area contributed by atoms with E-state index in [0.717, 1.165) is 28.0 Å². The summed E-state index contributed by atoms with van der Waals surface area (Å²) in [7, 11) is 1.77. The van der Waals surface area contributed by atoms with Gasteiger partial charge in [0.1, 0.15) is 17.7 Å².